The molecule has 8 nitrogen and oxygen atoms in total. The van der Waals surface area contributed by atoms with E-state index in [1.54, 1.807) is 35.9 Å². The molecule has 0 saturated carbocycles. The third kappa shape index (κ3) is 4.47. The van der Waals surface area contributed by atoms with Crippen LogP contribution in [0.1, 0.15) is 30.7 Å². The highest BCUT2D eigenvalue weighted by Crippen LogP contribution is 2.23. The van der Waals surface area contributed by atoms with Gasteiger partial charge in [-0.1, -0.05) is 12.1 Å². The zero-order chi connectivity index (χ0) is 20.2. The number of ether oxygens (including phenoxy) is 1. The number of fused-ring (bicyclic) bond motifs is 1. The van der Waals surface area contributed by atoms with Crippen molar-refractivity contribution in [1.82, 2.24) is 24.7 Å². The first kappa shape index (κ1) is 19.2. The van der Waals surface area contributed by atoms with Gasteiger partial charge in [-0.2, -0.15) is 4.52 Å². The van der Waals surface area contributed by atoms with Crippen LogP contribution in [0, 0.1) is 5.92 Å². The monoisotopic (exact) mass is 395 g/mol. The number of amides is 1. The molecule has 1 aromatic carbocycles. The summed E-state index contributed by atoms with van der Waals surface area (Å²) in [6.45, 7) is 1.57. The third-order valence-corrected chi connectivity index (χ3v) is 5.41. The highest BCUT2D eigenvalue weighted by Gasteiger charge is 2.24. The molecule has 1 fully saturated rings. The summed E-state index contributed by atoms with van der Waals surface area (Å²) in [5.74, 6) is 2.00. The van der Waals surface area contributed by atoms with Gasteiger partial charge in [-0.3, -0.25) is 4.79 Å². The lowest BCUT2D eigenvalue weighted by molar-refractivity contribution is -0.133. The number of carbonyl (C=O) groups is 1. The molecule has 1 saturated heterocycles. The Hall–Kier alpha value is -3.16. The van der Waals surface area contributed by atoms with Crippen LogP contribution in [0.25, 0.3) is 5.65 Å². The standard InChI is InChI=1S/C21H25N5O3/c1-29-20-10-8-18-22-23-19(26(18)24-20)9-11-21(28)25-12-2-3-16(14-25)13-15-4-6-17(27)7-5-15/h4-8,10,16,27H,2-3,9,11-14H2,1H3. The maximum Gasteiger partial charge on any atom is 0.231 e. The second-order valence-corrected chi connectivity index (χ2v) is 7.48. The number of carbonyl (C=O) groups excluding carboxylic acids is 1. The van der Waals surface area contributed by atoms with Gasteiger partial charge < -0.3 is 14.7 Å². The topological polar surface area (TPSA) is 92.9 Å². The van der Waals surface area contributed by atoms with Crippen LogP contribution in [0.2, 0.25) is 0 Å². The van der Waals surface area contributed by atoms with E-state index in [0.717, 1.165) is 32.4 Å². The van der Waals surface area contributed by atoms with Crippen molar-refractivity contribution in [3.8, 4) is 11.6 Å². The van der Waals surface area contributed by atoms with Gasteiger partial charge in [0.1, 0.15) is 5.75 Å². The zero-order valence-electron chi connectivity index (χ0n) is 16.5. The van der Waals surface area contributed by atoms with Crippen molar-refractivity contribution < 1.29 is 14.6 Å². The Morgan fingerprint density at radius 1 is 1.21 bits per heavy atom. The number of aromatic hydroxyl groups is 1. The molecule has 0 aliphatic carbocycles. The maximum absolute atomic E-state index is 12.8. The van der Waals surface area contributed by atoms with Crippen molar-refractivity contribution in [3.63, 3.8) is 0 Å². The Morgan fingerprint density at radius 3 is 2.83 bits per heavy atom. The number of likely N-dealkylation sites (tertiary alicyclic amines) is 1. The van der Waals surface area contributed by atoms with E-state index in [1.807, 2.05) is 17.0 Å². The Kier molecular flexibility index (Phi) is 5.59. The summed E-state index contributed by atoms with van der Waals surface area (Å²) in [5.41, 5.74) is 1.83. The summed E-state index contributed by atoms with van der Waals surface area (Å²) in [6.07, 6.45) is 3.91. The number of benzene rings is 1. The van der Waals surface area contributed by atoms with Crippen molar-refractivity contribution in [2.75, 3.05) is 20.2 Å². The Labute approximate surface area is 169 Å². The largest absolute Gasteiger partial charge is 0.508 e. The van der Waals surface area contributed by atoms with Gasteiger partial charge >= 0.3 is 0 Å². The summed E-state index contributed by atoms with van der Waals surface area (Å²) in [6, 6.07) is 10.9. The maximum atomic E-state index is 12.8. The van der Waals surface area contributed by atoms with Crippen LogP contribution in [0.4, 0.5) is 0 Å². The molecule has 8 heteroatoms. The van der Waals surface area contributed by atoms with Crippen molar-refractivity contribution in [2.24, 2.45) is 5.92 Å². The molecular formula is C21H25N5O3. The van der Waals surface area contributed by atoms with Crippen molar-refractivity contribution >= 4 is 11.6 Å². The summed E-state index contributed by atoms with van der Waals surface area (Å²) in [5, 5.41) is 22.0. The molecule has 1 atom stereocenters. The minimum absolute atomic E-state index is 0.139. The lowest BCUT2D eigenvalue weighted by Gasteiger charge is -2.33. The average Bonchev–Trinajstić information content (AvgIpc) is 3.16. The van der Waals surface area contributed by atoms with Gasteiger partial charge in [0.15, 0.2) is 11.5 Å². The van der Waals surface area contributed by atoms with E-state index in [4.69, 9.17) is 4.74 Å². The number of piperidine rings is 1. The average molecular weight is 395 g/mol. The third-order valence-electron chi connectivity index (χ3n) is 5.41. The fraction of sp³-hybridized carbons (Fsp3) is 0.429. The second kappa shape index (κ2) is 8.46. The first-order valence-corrected chi connectivity index (χ1v) is 9.93. The van der Waals surface area contributed by atoms with Crippen LogP contribution in [0.15, 0.2) is 36.4 Å². The van der Waals surface area contributed by atoms with E-state index in [-0.39, 0.29) is 11.7 Å². The molecule has 0 bridgehead atoms. The molecule has 1 aliphatic rings. The van der Waals surface area contributed by atoms with Crippen molar-refractivity contribution in [3.05, 3.63) is 47.8 Å². The quantitative estimate of drug-likeness (QED) is 0.688. The van der Waals surface area contributed by atoms with Crippen LogP contribution >= 0.6 is 0 Å². The molecule has 4 rings (SSSR count). The van der Waals surface area contributed by atoms with Gasteiger partial charge in [0, 0.05) is 32.0 Å². The summed E-state index contributed by atoms with van der Waals surface area (Å²) in [7, 11) is 1.56. The number of rotatable bonds is 6. The fourth-order valence-electron chi connectivity index (χ4n) is 3.88. The molecule has 1 aliphatic heterocycles. The fourth-order valence-corrected chi connectivity index (χ4v) is 3.88. The molecule has 2 aromatic heterocycles. The summed E-state index contributed by atoms with van der Waals surface area (Å²) < 4.78 is 6.79. The van der Waals surface area contributed by atoms with Gasteiger partial charge in [0.25, 0.3) is 0 Å². The van der Waals surface area contributed by atoms with Crippen LogP contribution in [0.5, 0.6) is 11.6 Å². The Morgan fingerprint density at radius 2 is 2.03 bits per heavy atom. The number of phenolic OH excluding ortho intramolecular Hbond substituents is 1. The van der Waals surface area contributed by atoms with E-state index in [2.05, 4.69) is 15.3 Å². The van der Waals surface area contributed by atoms with Crippen LogP contribution in [-0.4, -0.2) is 55.9 Å². The van der Waals surface area contributed by atoms with Gasteiger partial charge in [0.2, 0.25) is 11.8 Å². The minimum Gasteiger partial charge on any atom is -0.508 e. The lowest BCUT2D eigenvalue weighted by Crippen LogP contribution is -2.40. The highest BCUT2D eigenvalue weighted by molar-refractivity contribution is 5.76. The van der Waals surface area contributed by atoms with Gasteiger partial charge in [0.05, 0.1) is 7.11 Å². The first-order valence-electron chi connectivity index (χ1n) is 9.93. The predicted octanol–water partition coefficient (Wildman–Crippen LogP) is 2.25. The van der Waals surface area contributed by atoms with Crippen molar-refractivity contribution in [1.29, 1.82) is 0 Å². The normalized spacial score (nSPS) is 16.9. The molecule has 0 radical (unpaired) electrons. The zero-order valence-corrected chi connectivity index (χ0v) is 16.5. The van der Waals surface area contributed by atoms with E-state index < -0.39 is 0 Å². The van der Waals surface area contributed by atoms with Crippen LogP contribution in [0.3, 0.4) is 0 Å². The number of methoxy groups -OCH3 is 1. The summed E-state index contributed by atoms with van der Waals surface area (Å²) >= 11 is 0. The van der Waals surface area contributed by atoms with E-state index in [1.165, 1.54) is 5.56 Å². The highest BCUT2D eigenvalue weighted by atomic mass is 16.5. The molecule has 3 aromatic rings. The smallest absolute Gasteiger partial charge is 0.231 e. The number of hydrogen-bond acceptors (Lipinski definition) is 6. The number of nitrogens with zero attached hydrogens (tertiary/aromatic N) is 5. The summed E-state index contributed by atoms with van der Waals surface area (Å²) in [4.78, 5) is 14.7. The molecule has 152 valence electrons. The van der Waals surface area contributed by atoms with Gasteiger partial charge in [-0.25, -0.2) is 0 Å². The van der Waals surface area contributed by atoms with E-state index in [9.17, 15) is 9.90 Å². The Bertz CT molecular complexity index is 986. The molecule has 1 unspecified atom stereocenters. The number of hydrogen-bond donors (Lipinski definition) is 1. The van der Waals surface area contributed by atoms with Gasteiger partial charge in [-0.15, -0.1) is 15.3 Å². The number of phenols is 1. The molecule has 1 amide bonds. The van der Waals surface area contributed by atoms with E-state index in [0.29, 0.717) is 36.1 Å². The minimum atomic E-state index is 0.139. The lowest BCUT2D eigenvalue weighted by atomic mass is 9.91. The SMILES string of the molecule is COc1ccc2nnc(CCC(=O)N3CCCC(Cc4ccc(O)cc4)C3)n2n1. The van der Waals surface area contributed by atoms with Crippen molar-refractivity contribution in [2.45, 2.75) is 32.1 Å². The van der Waals surface area contributed by atoms with Gasteiger partial charge in [-0.05, 0) is 48.9 Å². The Balaban J connectivity index is 1.35. The molecular weight excluding hydrogens is 370 g/mol. The molecule has 1 N–H and O–H groups in total. The predicted molar refractivity (Wildman–Crippen MR) is 107 cm³/mol. The molecule has 3 heterocycles. The van der Waals surface area contributed by atoms with Crippen LogP contribution < -0.4 is 4.74 Å². The van der Waals surface area contributed by atoms with E-state index >= 15 is 0 Å². The first-order chi connectivity index (χ1) is 14.1. The number of aromatic nitrogens is 4. The molecule has 29 heavy (non-hydrogen) atoms. The van der Waals surface area contributed by atoms with Crippen LogP contribution in [-0.2, 0) is 17.6 Å². The molecule has 0 spiro atoms. The number of aryl methyl sites for hydroxylation is 1. The second-order valence-electron chi connectivity index (χ2n) is 7.48.